The number of amidine groups is 1. The largest absolute Gasteiger partial charge is 0.498 e. The van der Waals surface area contributed by atoms with E-state index >= 15 is 0 Å². The Morgan fingerprint density at radius 1 is 1.08 bits per heavy atom. The molecule has 196 valence electrons. The van der Waals surface area contributed by atoms with Crippen LogP contribution >= 0.6 is 0 Å². The van der Waals surface area contributed by atoms with Gasteiger partial charge in [-0.25, -0.2) is 18.8 Å². The molecule has 3 aliphatic rings. The van der Waals surface area contributed by atoms with Crippen LogP contribution in [0.15, 0.2) is 86.6 Å². The Bertz CT molecular complexity index is 1400. The van der Waals surface area contributed by atoms with Gasteiger partial charge >= 0.3 is 0 Å². The van der Waals surface area contributed by atoms with Crippen molar-refractivity contribution in [3.63, 3.8) is 0 Å². The molecule has 0 saturated carbocycles. The number of hydrogen-bond donors (Lipinski definition) is 0. The van der Waals surface area contributed by atoms with E-state index in [1.807, 2.05) is 32.1 Å². The number of allylic oxidation sites excluding steroid dienone is 5. The van der Waals surface area contributed by atoms with Crippen LogP contribution in [-0.4, -0.2) is 37.0 Å². The number of ether oxygens (including phenoxy) is 2. The second-order valence-electron chi connectivity index (χ2n) is 10.0. The van der Waals surface area contributed by atoms with E-state index in [0.717, 1.165) is 36.0 Å². The third kappa shape index (κ3) is 5.82. The number of halogens is 2. The summed E-state index contributed by atoms with van der Waals surface area (Å²) in [4.78, 5) is 13.5. The number of hydrogen-bond acceptors (Lipinski definition) is 5. The van der Waals surface area contributed by atoms with Gasteiger partial charge in [0.15, 0.2) is 17.5 Å². The van der Waals surface area contributed by atoms with Crippen molar-refractivity contribution in [1.29, 1.82) is 0 Å². The number of nitrogens with zero attached hydrogens (tertiary/aromatic N) is 3. The minimum absolute atomic E-state index is 0.0468. The van der Waals surface area contributed by atoms with Crippen LogP contribution in [0.3, 0.4) is 0 Å². The summed E-state index contributed by atoms with van der Waals surface area (Å²) in [5, 5.41) is 0. The molecule has 1 atom stereocenters. The zero-order valence-corrected chi connectivity index (χ0v) is 21.9. The first-order chi connectivity index (χ1) is 18.4. The summed E-state index contributed by atoms with van der Waals surface area (Å²) in [5.41, 5.74) is 4.85. The number of benzene rings is 2. The summed E-state index contributed by atoms with van der Waals surface area (Å²) < 4.78 is 40.0. The van der Waals surface area contributed by atoms with Crippen molar-refractivity contribution in [1.82, 2.24) is 0 Å². The number of fused-ring (bicyclic) bond motifs is 1. The molecule has 3 heterocycles. The van der Waals surface area contributed by atoms with Crippen LogP contribution in [0.4, 0.5) is 8.78 Å². The highest BCUT2D eigenvalue weighted by Crippen LogP contribution is 2.31. The normalized spacial score (nSPS) is 19.5. The van der Waals surface area contributed by atoms with Crippen molar-refractivity contribution >= 4 is 23.3 Å². The van der Waals surface area contributed by atoms with E-state index in [-0.39, 0.29) is 23.4 Å². The highest BCUT2D eigenvalue weighted by molar-refractivity contribution is 6.43. The molecule has 0 aromatic heterocycles. The van der Waals surface area contributed by atoms with Crippen LogP contribution in [0.25, 0.3) is 5.57 Å². The lowest BCUT2D eigenvalue weighted by molar-refractivity contribution is 0.197. The highest BCUT2D eigenvalue weighted by atomic mass is 19.2. The maximum atomic E-state index is 14.3. The highest BCUT2D eigenvalue weighted by Gasteiger charge is 2.23. The molecule has 5 nitrogen and oxygen atoms in total. The maximum absolute atomic E-state index is 14.3. The van der Waals surface area contributed by atoms with Gasteiger partial charge in [0.25, 0.3) is 0 Å². The van der Waals surface area contributed by atoms with Crippen molar-refractivity contribution in [3.05, 3.63) is 94.4 Å². The first-order valence-corrected chi connectivity index (χ1v) is 13.0. The first kappa shape index (κ1) is 25.8. The van der Waals surface area contributed by atoms with Crippen LogP contribution < -0.4 is 4.74 Å². The van der Waals surface area contributed by atoms with Gasteiger partial charge in [-0.3, -0.25) is 4.99 Å². The fourth-order valence-corrected chi connectivity index (χ4v) is 4.71. The predicted molar refractivity (Wildman–Crippen MR) is 148 cm³/mol. The molecular weight excluding hydrogens is 484 g/mol. The van der Waals surface area contributed by atoms with E-state index in [1.54, 1.807) is 6.21 Å². The van der Waals surface area contributed by atoms with E-state index in [4.69, 9.17) is 9.47 Å². The Balaban J connectivity index is 1.33. The summed E-state index contributed by atoms with van der Waals surface area (Å²) in [7, 11) is 0. The average molecular weight is 516 g/mol. The van der Waals surface area contributed by atoms with E-state index in [2.05, 4.69) is 40.1 Å². The van der Waals surface area contributed by atoms with Crippen LogP contribution in [0.1, 0.15) is 51.2 Å². The molecule has 38 heavy (non-hydrogen) atoms. The molecule has 0 N–H and O–H groups in total. The Morgan fingerprint density at radius 3 is 2.68 bits per heavy atom. The van der Waals surface area contributed by atoms with Crippen molar-refractivity contribution in [2.45, 2.75) is 46.1 Å². The third-order valence-electron chi connectivity index (χ3n) is 6.69. The predicted octanol–water partition coefficient (Wildman–Crippen LogP) is 7.10. The molecule has 0 saturated heterocycles. The molecular formula is C31H31F2N3O2. The second kappa shape index (κ2) is 11.3. The van der Waals surface area contributed by atoms with Crippen LogP contribution in [0, 0.1) is 17.6 Å². The van der Waals surface area contributed by atoms with Crippen LogP contribution in [-0.2, 0) is 4.74 Å². The molecule has 2 aromatic rings. The quantitative estimate of drug-likeness (QED) is 0.412. The molecule has 3 aliphatic heterocycles. The van der Waals surface area contributed by atoms with E-state index in [1.165, 1.54) is 23.3 Å². The monoisotopic (exact) mass is 515 g/mol. The summed E-state index contributed by atoms with van der Waals surface area (Å²) in [6.45, 7) is 7.43. The molecule has 0 amide bonds. The molecule has 2 aromatic carbocycles. The van der Waals surface area contributed by atoms with E-state index < -0.39 is 11.6 Å². The summed E-state index contributed by atoms with van der Waals surface area (Å²) in [6.07, 6.45) is 8.27. The van der Waals surface area contributed by atoms with Gasteiger partial charge in [0.1, 0.15) is 11.5 Å². The van der Waals surface area contributed by atoms with Gasteiger partial charge in [-0.2, -0.15) is 0 Å². The minimum Gasteiger partial charge on any atom is -0.498 e. The summed E-state index contributed by atoms with van der Waals surface area (Å²) in [6, 6.07) is 12.2. The molecule has 5 rings (SSSR count). The number of aliphatic imine (C=N–C) groups is 3. The molecule has 7 heteroatoms. The van der Waals surface area contributed by atoms with Crippen molar-refractivity contribution < 1.29 is 18.3 Å². The van der Waals surface area contributed by atoms with Gasteiger partial charge in [0, 0.05) is 25.6 Å². The van der Waals surface area contributed by atoms with Crippen LogP contribution in [0.5, 0.6) is 5.75 Å². The lowest BCUT2D eigenvalue weighted by Crippen LogP contribution is -2.12. The van der Waals surface area contributed by atoms with Gasteiger partial charge in [0.2, 0.25) is 0 Å². The standard InChI is InChI=1S/C31H31F2N3O2/c1-19(2)38-23-10-8-22(9-11-23)26-16-24(37-14-13-20(26)3)15-21-7-12-28-29(18-34-17-21)36-31(35-28)25-5-4-6-27(32)30(25)33/h4-6,8-12,16,18-19,21H,7,13-15,17H2,1-3H3. The maximum Gasteiger partial charge on any atom is 0.169 e. The molecule has 1 unspecified atom stereocenters. The smallest absolute Gasteiger partial charge is 0.169 e. The van der Waals surface area contributed by atoms with E-state index in [9.17, 15) is 8.78 Å². The average Bonchev–Trinajstić information content (AvgIpc) is 3.17. The van der Waals surface area contributed by atoms with Crippen molar-refractivity contribution in [2.24, 2.45) is 20.9 Å². The van der Waals surface area contributed by atoms with Gasteiger partial charge in [-0.1, -0.05) is 29.8 Å². The second-order valence-corrected chi connectivity index (χ2v) is 10.0. The summed E-state index contributed by atoms with van der Waals surface area (Å²) in [5.74, 6) is 0.301. The third-order valence-corrected chi connectivity index (χ3v) is 6.69. The SMILES string of the molecule is CC1=C(c2ccc(OC(C)C)cc2)C=C(CC2CC=C3N=C(c4cccc(F)c4F)N=C3C=NC2)OCC1. The first-order valence-electron chi connectivity index (χ1n) is 13.0. The number of rotatable bonds is 6. The zero-order chi connectivity index (χ0) is 26.6. The Kier molecular flexibility index (Phi) is 7.63. The Labute approximate surface area is 222 Å². The lowest BCUT2D eigenvalue weighted by Gasteiger charge is -2.17. The van der Waals surface area contributed by atoms with Gasteiger partial charge in [-0.15, -0.1) is 0 Å². The van der Waals surface area contributed by atoms with E-state index in [0.29, 0.717) is 31.0 Å². The molecule has 0 aliphatic carbocycles. The molecule has 0 bridgehead atoms. The fourth-order valence-electron chi connectivity index (χ4n) is 4.71. The lowest BCUT2D eigenvalue weighted by atomic mass is 9.95. The van der Waals surface area contributed by atoms with Gasteiger partial charge in [0.05, 0.1) is 29.7 Å². The summed E-state index contributed by atoms with van der Waals surface area (Å²) >= 11 is 0. The molecule has 0 radical (unpaired) electrons. The van der Waals surface area contributed by atoms with Gasteiger partial charge in [-0.05, 0) is 74.6 Å². The van der Waals surface area contributed by atoms with Crippen LogP contribution in [0.2, 0.25) is 0 Å². The zero-order valence-electron chi connectivity index (χ0n) is 21.9. The fraction of sp³-hybridized carbons (Fsp3) is 0.323. The minimum atomic E-state index is -0.945. The topological polar surface area (TPSA) is 55.5 Å². The molecule has 0 fully saturated rings. The van der Waals surface area contributed by atoms with Gasteiger partial charge < -0.3 is 9.47 Å². The Morgan fingerprint density at radius 2 is 1.89 bits per heavy atom. The Hall–Kier alpha value is -3.87. The molecule has 0 spiro atoms. The van der Waals surface area contributed by atoms with Crippen molar-refractivity contribution in [2.75, 3.05) is 13.2 Å². The van der Waals surface area contributed by atoms with Crippen molar-refractivity contribution in [3.8, 4) is 5.75 Å².